The van der Waals surface area contributed by atoms with E-state index in [4.69, 9.17) is 0 Å². The maximum Gasteiger partial charge on any atom is 0.255 e. The first-order valence-electron chi connectivity index (χ1n) is 9.34. The van der Waals surface area contributed by atoms with Crippen LogP contribution in [0, 0.1) is 0 Å². The number of nitrogens with one attached hydrogen (secondary N) is 2. The standard InChI is InChI=1S/C23H19N3O2S2/c1-24-22(28)17-6-2-3-7-18(17)25-21(27)16-12-10-15(11-13-16)14-29-23-26-19-8-4-5-9-20(19)30-23/h2-13H,14H2,1H3,(H,24,28)(H,25,27). The second kappa shape index (κ2) is 9.11. The number of nitrogens with zero attached hydrogens (tertiary/aromatic N) is 1. The fourth-order valence-corrected chi connectivity index (χ4v) is 4.95. The predicted octanol–water partition coefficient (Wildman–Crippen LogP) is 5.20. The zero-order valence-electron chi connectivity index (χ0n) is 16.2. The molecule has 1 heterocycles. The lowest BCUT2D eigenvalue weighted by Gasteiger charge is -2.10. The van der Waals surface area contributed by atoms with Gasteiger partial charge in [0, 0.05) is 18.4 Å². The number of amides is 2. The van der Waals surface area contributed by atoms with Gasteiger partial charge in [-0.2, -0.15) is 0 Å². The molecule has 2 N–H and O–H groups in total. The molecular formula is C23H19N3O2S2. The number of hydrogen-bond acceptors (Lipinski definition) is 5. The third kappa shape index (κ3) is 4.53. The SMILES string of the molecule is CNC(=O)c1ccccc1NC(=O)c1ccc(CSc2nc3ccccc3s2)cc1. The maximum absolute atomic E-state index is 12.6. The zero-order valence-corrected chi connectivity index (χ0v) is 17.8. The van der Waals surface area contributed by atoms with E-state index in [2.05, 4.69) is 21.7 Å². The molecule has 0 saturated heterocycles. The van der Waals surface area contributed by atoms with E-state index in [1.54, 1.807) is 66.5 Å². The molecule has 0 spiro atoms. The number of rotatable bonds is 6. The van der Waals surface area contributed by atoms with Gasteiger partial charge < -0.3 is 10.6 Å². The average Bonchev–Trinajstić information content (AvgIpc) is 3.21. The maximum atomic E-state index is 12.6. The molecule has 0 unspecified atom stereocenters. The lowest BCUT2D eigenvalue weighted by molar-refractivity contribution is 0.0964. The molecule has 3 aromatic carbocycles. The summed E-state index contributed by atoms with van der Waals surface area (Å²) < 4.78 is 2.22. The summed E-state index contributed by atoms with van der Waals surface area (Å²) in [4.78, 5) is 29.2. The van der Waals surface area contributed by atoms with Crippen LogP contribution in [0.4, 0.5) is 5.69 Å². The van der Waals surface area contributed by atoms with Crippen LogP contribution in [-0.2, 0) is 5.75 Å². The predicted molar refractivity (Wildman–Crippen MR) is 123 cm³/mol. The van der Waals surface area contributed by atoms with E-state index in [0.29, 0.717) is 16.8 Å². The highest BCUT2D eigenvalue weighted by atomic mass is 32.2. The summed E-state index contributed by atoms with van der Waals surface area (Å²) in [6.07, 6.45) is 0. The Labute approximate surface area is 182 Å². The summed E-state index contributed by atoms with van der Waals surface area (Å²) in [6, 6.07) is 22.5. The van der Waals surface area contributed by atoms with Crippen LogP contribution in [-0.4, -0.2) is 23.8 Å². The van der Waals surface area contributed by atoms with Crippen molar-refractivity contribution >= 4 is 50.8 Å². The number of carbonyl (C=O) groups excluding carboxylic acids is 2. The van der Waals surface area contributed by atoms with Crippen LogP contribution < -0.4 is 10.6 Å². The highest BCUT2D eigenvalue weighted by molar-refractivity contribution is 8.00. The number of thiazole rings is 1. The van der Waals surface area contributed by atoms with Crippen molar-refractivity contribution in [1.29, 1.82) is 0 Å². The molecular weight excluding hydrogens is 414 g/mol. The number of fused-ring (bicyclic) bond motifs is 1. The van der Waals surface area contributed by atoms with Crippen molar-refractivity contribution in [3.8, 4) is 0 Å². The molecule has 0 bridgehead atoms. The number of aromatic nitrogens is 1. The third-order valence-corrected chi connectivity index (χ3v) is 6.75. The van der Waals surface area contributed by atoms with Crippen molar-refractivity contribution in [2.75, 3.05) is 12.4 Å². The van der Waals surface area contributed by atoms with Crippen LogP contribution in [0.2, 0.25) is 0 Å². The third-order valence-electron chi connectivity index (χ3n) is 4.50. The normalized spacial score (nSPS) is 10.7. The van der Waals surface area contributed by atoms with Crippen molar-refractivity contribution < 1.29 is 9.59 Å². The number of hydrogen-bond donors (Lipinski definition) is 2. The molecule has 0 radical (unpaired) electrons. The largest absolute Gasteiger partial charge is 0.355 e. The van der Waals surface area contributed by atoms with Crippen LogP contribution >= 0.6 is 23.1 Å². The van der Waals surface area contributed by atoms with Gasteiger partial charge in [-0.1, -0.05) is 48.2 Å². The second-order valence-electron chi connectivity index (χ2n) is 6.51. The Balaban J connectivity index is 1.41. The number of anilines is 1. The lowest BCUT2D eigenvalue weighted by Crippen LogP contribution is -2.21. The molecule has 150 valence electrons. The monoisotopic (exact) mass is 433 g/mol. The van der Waals surface area contributed by atoms with Gasteiger partial charge in [0.05, 0.1) is 21.5 Å². The van der Waals surface area contributed by atoms with Gasteiger partial charge in [-0.15, -0.1) is 11.3 Å². The molecule has 30 heavy (non-hydrogen) atoms. The van der Waals surface area contributed by atoms with Gasteiger partial charge in [-0.3, -0.25) is 9.59 Å². The summed E-state index contributed by atoms with van der Waals surface area (Å²) in [5.41, 5.74) is 3.58. The Kier molecular flexibility index (Phi) is 6.11. The van der Waals surface area contributed by atoms with Crippen LogP contribution in [0.5, 0.6) is 0 Å². The fourth-order valence-electron chi connectivity index (χ4n) is 2.93. The molecule has 0 atom stereocenters. The van der Waals surface area contributed by atoms with Crippen molar-refractivity contribution in [3.63, 3.8) is 0 Å². The number of benzene rings is 3. The van der Waals surface area contributed by atoms with Crippen molar-refractivity contribution in [2.24, 2.45) is 0 Å². The molecule has 4 rings (SSSR count). The Bertz CT molecular complexity index is 1170. The van der Waals surface area contributed by atoms with E-state index in [9.17, 15) is 9.59 Å². The van der Waals surface area contributed by atoms with Crippen LogP contribution in [0.3, 0.4) is 0 Å². The molecule has 0 saturated carbocycles. The van der Waals surface area contributed by atoms with E-state index in [0.717, 1.165) is 21.2 Å². The summed E-state index contributed by atoms with van der Waals surface area (Å²) in [5.74, 6) is 0.283. The summed E-state index contributed by atoms with van der Waals surface area (Å²) in [6.45, 7) is 0. The highest BCUT2D eigenvalue weighted by Gasteiger charge is 2.13. The summed E-state index contributed by atoms with van der Waals surface area (Å²) in [7, 11) is 1.56. The fraction of sp³-hybridized carbons (Fsp3) is 0.0870. The molecule has 4 aromatic rings. The molecule has 5 nitrogen and oxygen atoms in total. The molecule has 0 aliphatic heterocycles. The van der Waals surface area contributed by atoms with Crippen LogP contribution in [0.1, 0.15) is 26.3 Å². The molecule has 2 amide bonds. The first kappa shape index (κ1) is 20.1. The Morgan fingerprint density at radius 3 is 2.43 bits per heavy atom. The van der Waals surface area contributed by atoms with Crippen molar-refractivity contribution in [3.05, 3.63) is 89.5 Å². The first-order valence-corrected chi connectivity index (χ1v) is 11.1. The van der Waals surface area contributed by atoms with Gasteiger partial charge in [0.2, 0.25) is 0 Å². The van der Waals surface area contributed by atoms with Crippen molar-refractivity contribution in [2.45, 2.75) is 10.1 Å². The Morgan fingerprint density at radius 1 is 0.933 bits per heavy atom. The smallest absolute Gasteiger partial charge is 0.255 e. The summed E-state index contributed by atoms with van der Waals surface area (Å²) >= 11 is 3.37. The van der Waals surface area contributed by atoms with Crippen LogP contribution in [0.25, 0.3) is 10.2 Å². The molecule has 0 fully saturated rings. The van der Waals surface area contributed by atoms with E-state index < -0.39 is 0 Å². The minimum Gasteiger partial charge on any atom is -0.355 e. The van der Waals surface area contributed by atoms with E-state index >= 15 is 0 Å². The van der Waals surface area contributed by atoms with Gasteiger partial charge >= 0.3 is 0 Å². The van der Waals surface area contributed by atoms with Crippen molar-refractivity contribution in [1.82, 2.24) is 10.3 Å². The van der Waals surface area contributed by atoms with Gasteiger partial charge in [-0.25, -0.2) is 4.98 Å². The van der Waals surface area contributed by atoms with Gasteiger partial charge in [0.15, 0.2) is 4.34 Å². The topological polar surface area (TPSA) is 71.1 Å². The number of carbonyl (C=O) groups is 2. The van der Waals surface area contributed by atoms with E-state index in [1.807, 2.05) is 30.3 Å². The highest BCUT2D eigenvalue weighted by Crippen LogP contribution is 2.31. The Morgan fingerprint density at radius 2 is 1.67 bits per heavy atom. The average molecular weight is 434 g/mol. The molecule has 7 heteroatoms. The first-order chi connectivity index (χ1) is 14.6. The van der Waals surface area contributed by atoms with E-state index in [1.165, 1.54) is 4.70 Å². The summed E-state index contributed by atoms with van der Waals surface area (Å²) in [5, 5.41) is 5.40. The number of thioether (sulfide) groups is 1. The minimum atomic E-state index is -0.253. The van der Waals surface area contributed by atoms with Gasteiger partial charge in [-0.05, 0) is 42.0 Å². The van der Waals surface area contributed by atoms with Gasteiger partial charge in [0.25, 0.3) is 11.8 Å². The lowest BCUT2D eigenvalue weighted by atomic mass is 10.1. The van der Waals surface area contributed by atoms with Gasteiger partial charge in [0.1, 0.15) is 0 Å². The zero-order chi connectivity index (χ0) is 20.9. The Hall–Kier alpha value is -3.16. The quantitative estimate of drug-likeness (QED) is 0.410. The van der Waals surface area contributed by atoms with Crippen LogP contribution in [0.15, 0.2) is 77.1 Å². The number of para-hydroxylation sites is 2. The molecule has 0 aliphatic carbocycles. The van der Waals surface area contributed by atoms with E-state index in [-0.39, 0.29) is 11.8 Å². The second-order valence-corrected chi connectivity index (χ2v) is 8.77. The molecule has 1 aromatic heterocycles. The minimum absolute atomic E-state index is 0.242. The molecule has 0 aliphatic rings.